The van der Waals surface area contributed by atoms with E-state index in [-0.39, 0.29) is 12.5 Å². The number of ether oxygens (including phenoxy) is 3. The van der Waals surface area contributed by atoms with E-state index in [1.165, 1.54) is 13.3 Å². The average Bonchev–Trinajstić information content (AvgIpc) is 2.77. The number of nitrogens with one attached hydrogen (secondary N) is 1. The molecule has 0 spiro atoms. The number of esters is 1. The second-order valence-corrected chi connectivity index (χ2v) is 6.26. The zero-order chi connectivity index (χ0) is 21.3. The van der Waals surface area contributed by atoms with Crippen molar-refractivity contribution in [3.05, 3.63) is 71.8 Å². The first-order chi connectivity index (χ1) is 14.6. The summed E-state index contributed by atoms with van der Waals surface area (Å²) in [7, 11) is 1.52. The SMILES string of the molecule is CCOC(=O)COc1ccc(C=NNC(=O)c2cc3ccccc3cc2OC)cc1. The molecule has 0 saturated heterocycles. The monoisotopic (exact) mass is 406 g/mol. The van der Waals surface area contributed by atoms with Crippen LogP contribution in [-0.2, 0) is 9.53 Å². The van der Waals surface area contributed by atoms with Gasteiger partial charge in [0.1, 0.15) is 11.5 Å². The van der Waals surface area contributed by atoms with Crippen molar-refractivity contribution in [2.75, 3.05) is 20.3 Å². The van der Waals surface area contributed by atoms with Gasteiger partial charge in [0, 0.05) is 0 Å². The minimum absolute atomic E-state index is 0.148. The highest BCUT2D eigenvalue weighted by molar-refractivity contribution is 6.01. The van der Waals surface area contributed by atoms with Gasteiger partial charge in [0.25, 0.3) is 5.91 Å². The number of nitrogens with zero attached hydrogens (tertiary/aromatic N) is 1. The average molecular weight is 406 g/mol. The van der Waals surface area contributed by atoms with Crippen molar-refractivity contribution >= 4 is 28.9 Å². The molecule has 0 bridgehead atoms. The minimum atomic E-state index is -0.421. The lowest BCUT2D eigenvalue weighted by Crippen LogP contribution is -2.18. The van der Waals surface area contributed by atoms with Crippen molar-refractivity contribution < 1.29 is 23.8 Å². The molecule has 3 aromatic carbocycles. The van der Waals surface area contributed by atoms with Crippen LogP contribution in [0.25, 0.3) is 10.8 Å². The van der Waals surface area contributed by atoms with E-state index in [2.05, 4.69) is 10.5 Å². The molecule has 1 N–H and O–H groups in total. The Morgan fingerprint density at radius 1 is 1.03 bits per heavy atom. The number of methoxy groups -OCH3 is 1. The highest BCUT2D eigenvalue weighted by Crippen LogP contribution is 2.25. The molecule has 154 valence electrons. The third-order valence-electron chi connectivity index (χ3n) is 4.23. The molecule has 7 heteroatoms. The third kappa shape index (κ3) is 5.35. The fraction of sp³-hybridized carbons (Fsp3) is 0.174. The first-order valence-corrected chi connectivity index (χ1v) is 9.39. The molecule has 0 atom stereocenters. The first kappa shape index (κ1) is 20.9. The van der Waals surface area contributed by atoms with Crippen molar-refractivity contribution in [3.8, 4) is 11.5 Å². The van der Waals surface area contributed by atoms with Gasteiger partial charge in [-0.3, -0.25) is 4.79 Å². The topological polar surface area (TPSA) is 86.2 Å². The normalized spacial score (nSPS) is 10.7. The summed E-state index contributed by atoms with van der Waals surface area (Å²) in [6.07, 6.45) is 1.51. The smallest absolute Gasteiger partial charge is 0.344 e. The summed E-state index contributed by atoms with van der Waals surface area (Å²) in [5.74, 6) is 0.216. The molecule has 0 aromatic heterocycles. The summed E-state index contributed by atoms with van der Waals surface area (Å²) in [6.45, 7) is 1.90. The fourth-order valence-electron chi connectivity index (χ4n) is 2.79. The summed E-state index contributed by atoms with van der Waals surface area (Å²) in [4.78, 5) is 23.9. The predicted octanol–water partition coefficient (Wildman–Crippen LogP) is 3.55. The first-order valence-electron chi connectivity index (χ1n) is 9.39. The van der Waals surface area contributed by atoms with Gasteiger partial charge in [0.05, 0.1) is 25.5 Å². The molecule has 0 fully saturated rings. The molecule has 7 nitrogen and oxygen atoms in total. The van der Waals surface area contributed by atoms with E-state index in [0.717, 1.165) is 16.3 Å². The molecule has 3 aromatic rings. The van der Waals surface area contributed by atoms with Gasteiger partial charge in [-0.25, -0.2) is 10.2 Å². The fourth-order valence-corrected chi connectivity index (χ4v) is 2.79. The molecule has 0 heterocycles. The second kappa shape index (κ2) is 10.1. The van der Waals surface area contributed by atoms with Crippen LogP contribution in [0, 0.1) is 0 Å². The van der Waals surface area contributed by atoms with Crippen molar-refractivity contribution in [1.29, 1.82) is 0 Å². The van der Waals surface area contributed by atoms with Gasteiger partial charge in [-0.15, -0.1) is 0 Å². The largest absolute Gasteiger partial charge is 0.496 e. The van der Waals surface area contributed by atoms with E-state index in [0.29, 0.717) is 23.7 Å². The summed E-state index contributed by atoms with van der Waals surface area (Å²) in [6, 6.07) is 18.2. The number of benzene rings is 3. The zero-order valence-electron chi connectivity index (χ0n) is 16.8. The molecule has 0 saturated carbocycles. The molecule has 3 rings (SSSR count). The van der Waals surface area contributed by atoms with Crippen molar-refractivity contribution in [2.45, 2.75) is 6.92 Å². The van der Waals surface area contributed by atoms with Crippen molar-refractivity contribution in [3.63, 3.8) is 0 Å². The lowest BCUT2D eigenvalue weighted by molar-refractivity contribution is -0.145. The number of hydrogen-bond acceptors (Lipinski definition) is 6. The Morgan fingerprint density at radius 3 is 2.40 bits per heavy atom. The van der Waals surface area contributed by atoms with Gasteiger partial charge in [-0.2, -0.15) is 5.10 Å². The summed E-state index contributed by atoms with van der Waals surface area (Å²) in [5, 5.41) is 5.93. The Balaban J connectivity index is 1.62. The quantitative estimate of drug-likeness (QED) is 0.351. The number of carbonyl (C=O) groups is 2. The zero-order valence-corrected chi connectivity index (χ0v) is 16.8. The summed E-state index contributed by atoms with van der Waals surface area (Å²) in [5.41, 5.74) is 3.67. The third-order valence-corrected chi connectivity index (χ3v) is 4.23. The number of carbonyl (C=O) groups excluding carboxylic acids is 2. The van der Waals surface area contributed by atoms with Crippen LogP contribution in [0.15, 0.2) is 65.8 Å². The molecular weight excluding hydrogens is 384 g/mol. The Labute approximate surface area is 174 Å². The van der Waals surface area contributed by atoms with Crippen LogP contribution in [0.5, 0.6) is 11.5 Å². The molecule has 0 aliphatic rings. The van der Waals surface area contributed by atoms with Crippen LogP contribution in [-0.4, -0.2) is 38.4 Å². The van der Waals surface area contributed by atoms with Gasteiger partial charge in [-0.05, 0) is 59.7 Å². The Hall–Kier alpha value is -3.87. The van der Waals surface area contributed by atoms with E-state index < -0.39 is 5.97 Å². The van der Waals surface area contributed by atoms with E-state index in [1.807, 2.05) is 30.3 Å². The Morgan fingerprint density at radius 2 is 1.73 bits per heavy atom. The van der Waals surface area contributed by atoms with Gasteiger partial charge in [-0.1, -0.05) is 24.3 Å². The number of amides is 1. The van der Waals surface area contributed by atoms with Crippen LogP contribution in [0.1, 0.15) is 22.8 Å². The van der Waals surface area contributed by atoms with E-state index in [4.69, 9.17) is 14.2 Å². The number of rotatable bonds is 8. The van der Waals surface area contributed by atoms with Gasteiger partial charge in [0.2, 0.25) is 0 Å². The minimum Gasteiger partial charge on any atom is -0.496 e. The summed E-state index contributed by atoms with van der Waals surface area (Å²) >= 11 is 0. The molecule has 0 aliphatic heterocycles. The Bertz CT molecular complexity index is 1060. The maximum Gasteiger partial charge on any atom is 0.344 e. The van der Waals surface area contributed by atoms with Crippen LogP contribution in [0.2, 0.25) is 0 Å². The molecule has 1 amide bonds. The number of hydrazone groups is 1. The second-order valence-electron chi connectivity index (χ2n) is 6.26. The van der Waals surface area contributed by atoms with Crippen molar-refractivity contribution in [1.82, 2.24) is 5.43 Å². The summed E-state index contributed by atoms with van der Waals surface area (Å²) < 4.78 is 15.5. The molecule has 0 aliphatic carbocycles. The van der Waals surface area contributed by atoms with Crippen LogP contribution in [0.3, 0.4) is 0 Å². The van der Waals surface area contributed by atoms with E-state index >= 15 is 0 Å². The highest BCUT2D eigenvalue weighted by atomic mass is 16.6. The molecule has 0 unspecified atom stereocenters. The van der Waals surface area contributed by atoms with Gasteiger partial charge >= 0.3 is 5.97 Å². The molecule has 30 heavy (non-hydrogen) atoms. The lowest BCUT2D eigenvalue weighted by Gasteiger charge is -2.09. The van der Waals surface area contributed by atoms with Gasteiger partial charge < -0.3 is 14.2 Å². The van der Waals surface area contributed by atoms with Gasteiger partial charge in [0.15, 0.2) is 6.61 Å². The standard InChI is InChI=1S/C23H22N2O5/c1-3-29-22(26)15-30-19-10-8-16(9-11-19)14-24-25-23(27)20-12-17-6-4-5-7-18(17)13-21(20)28-2/h4-14H,3,15H2,1-2H3,(H,25,27). The Kier molecular flexibility index (Phi) is 7.00. The predicted molar refractivity (Wildman–Crippen MR) is 114 cm³/mol. The van der Waals surface area contributed by atoms with Crippen molar-refractivity contribution in [2.24, 2.45) is 5.10 Å². The highest BCUT2D eigenvalue weighted by Gasteiger charge is 2.13. The van der Waals surface area contributed by atoms with Crippen LogP contribution < -0.4 is 14.9 Å². The number of fused-ring (bicyclic) bond motifs is 1. The maximum absolute atomic E-state index is 12.5. The molecular formula is C23H22N2O5. The van der Waals surface area contributed by atoms with E-state index in [9.17, 15) is 9.59 Å². The lowest BCUT2D eigenvalue weighted by atomic mass is 10.1. The van der Waals surface area contributed by atoms with Crippen LogP contribution >= 0.6 is 0 Å². The molecule has 0 radical (unpaired) electrons. The van der Waals surface area contributed by atoms with E-state index in [1.54, 1.807) is 37.3 Å². The maximum atomic E-state index is 12.5. The number of hydrogen-bond donors (Lipinski definition) is 1. The van der Waals surface area contributed by atoms with Crippen LogP contribution in [0.4, 0.5) is 0 Å².